The van der Waals surface area contributed by atoms with Crippen molar-refractivity contribution in [3.05, 3.63) is 54.1 Å². The maximum absolute atomic E-state index is 10.9. The van der Waals surface area contributed by atoms with Crippen molar-refractivity contribution in [3.8, 4) is 5.75 Å². The van der Waals surface area contributed by atoms with E-state index in [0.29, 0.717) is 12.5 Å². The molecular weight excluding hydrogens is 320 g/mol. The largest absolute Gasteiger partial charge is 0.494 e. The summed E-state index contributed by atoms with van der Waals surface area (Å²) in [6.45, 7) is 0.609. The Labute approximate surface area is 139 Å². The van der Waals surface area contributed by atoms with E-state index in [1.807, 2.05) is 48.5 Å². The van der Waals surface area contributed by atoms with E-state index in [2.05, 4.69) is 0 Å². The molecule has 2 rings (SSSR count). The van der Waals surface area contributed by atoms with Crippen molar-refractivity contribution in [3.63, 3.8) is 0 Å². The molecule has 0 saturated heterocycles. The molecule has 0 radical (unpaired) electrons. The van der Waals surface area contributed by atoms with E-state index >= 15 is 0 Å². The van der Waals surface area contributed by atoms with Crippen molar-refractivity contribution >= 4 is 29.3 Å². The molecule has 3 nitrogen and oxygen atoms in total. The second-order valence-corrected chi connectivity index (χ2v) is 6.14. The van der Waals surface area contributed by atoms with Gasteiger partial charge in [-0.1, -0.05) is 30.0 Å². The van der Waals surface area contributed by atoms with E-state index in [4.69, 9.17) is 21.4 Å². The van der Waals surface area contributed by atoms with E-state index < -0.39 is 5.97 Å². The maximum Gasteiger partial charge on any atom is 0.307 e. The predicted molar refractivity (Wildman–Crippen MR) is 89.2 cm³/mol. The maximum atomic E-state index is 10.9. The molecule has 0 bridgehead atoms. The highest BCUT2D eigenvalue weighted by atomic mass is 35.5. The van der Waals surface area contributed by atoms with Gasteiger partial charge in [-0.15, -0.1) is 11.6 Å². The van der Waals surface area contributed by atoms with E-state index in [1.165, 1.54) is 0 Å². The van der Waals surface area contributed by atoms with Gasteiger partial charge in [-0.25, -0.2) is 0 Å². The lowest BCUT2D eigenvalue weighted by molar-refractivity contribution is -0.136. The Kier molecular flexibility index (Phi) is 6.62. The average Bonchev–Trinajstić information content (AvgIpc) is 2.51. The lowest BCUT2D eigenvalue weighted by atomic mass is 10.1. The molecule has 0 atom stereocenters. The zero-order valence-corrected chi connectivity index (χ0v) is 13.6. The number of hydrogen-bond donors (Lipinski definition) is 1. The summed E-state index contributed by atoms with van der Waals surface area (Å²) in [4.78, 5) is 12.9. The molecule has 0 spiro atoms. The third-order valence-corrected chi connectivity index (χ3v) is 4.31. The van der Waals surface area contributed by atoms with Gasteiger partial charge in [0, 0.05) is 15.7 Å². The summed E-state index contributed by atoms with van der Waals surface area (Å²) in [7, 11) is 0. The zero-order chi connectivity index (χ0) is 15.8. The lowest BCUT2D eigenvalue weighted by Gasteiger charge is -2.09. The fraction of sp³-hybridized carbons (Fsp3) is 0.235. The van der Waals surface area contributed by atoms with Crippen LogP contribution in [0.1, 0.15) is 12.0 Å². The van der Waals surface area contributed by atoms with Crippen LogP contribution in [0.2, 0.25) is 0 Å². The van der Waals surface area contributed by atoms with E-state index in [-0.39, 0.29) is 6.42 Å². The van der Waals surface area contributed by atoms with Crippen molar-refractivity contribution < 1.29 is 14.6 Å². The normalized spacial score (nSPS) is 10.4. The number of halogens is 1. The highest BCUT2D eigenvalue weighted by Gasteiger charge is 2.07. The van der Waals surface area contributed by atoms with Crippen LogP contribution in [0.4, 0.5) is 0 Å². The van der Waals surface area contributed by atoms with Crippen molar-refractivity contribution in [1.82, 2.24) is 0 Å². The molecule has 22 heavy (non-hydrogen) atoms. The molecule has 0 unspecified atom stereocenters. The number of hydrogen-bond acceptors (Lipinski definition) is 3. The number of alkyl halides is 1. The van der Waals surface area contributed by atoms with Gasteiger partial charge in [0.1, 0.15) is 5.75 Å². The van der Waals surface area contributed by atoms with Crippen molar-refractivity contribution in [1.29, 1.82) is 0 Å². The Morgan fingerprint density at radius 2 is 1.86 bits per heavy atom. The first-order valence-corrected chi connectivity index (χ1v) is 8.30. The summed E-state index contributed by atoms with van der Waals surface area (Å²) in [5.74, 6) is 0.582. The second kappa shape index (κ2) is 8.71. The van der Waals surface area contributed by atoms with Gasteiger partial charge < -0.3 is 9.84 Å². The van der Waals surface area contributed by atoms with Gasteiger partial charge in [0.05, 0.1) is 13.0 Å². The SMILES string of the molecule is O=C(O)Cc1ccccc1Sc1ccc(OCCCCl)cc1. The third kappa shape index (κ3) is 5.28. The molecule has 0 saturated carbocycles. The van der Waals surface area contributed by atoms with Gasteiger partial charge in [0.25, 0.3) is 0 Å². The van der Waals surface area contributed by atoms with Crippen LogP contribution in [0.15, 0.2) is 58.3 Å². The molecule has 2 aromatic carbocycles. The summed E-state index contributed by atoms with van der Waals surface area (Å²) in [5.41, 5.74) is 0.822. The van der Waals surface area contributed by atoms with Crippen molar-refractivity contribution in [2.45, 2.75) is 22.6 Å². The lowest BCUT2D eigenvalue weighted by Crippen LogP contribution is -2.01. The fourth-order valence-corrected chi connectivity index (χ4v) is 2.94. The molecule has 0 heterocycles. The number of carbonyl (C=O) groups is 1. The van der Waals surface area contributed by atoms with Crippen LogP contribution < -0.4 is 4.74 Å². The Morgan fingerprint density at radius 3 is 2.55 bits per heavy atom. The molecule has 0 aromatic heterocycles. The number of carboxylic acid groups (broad SMARTS) is 1. The minimum Gasteiger partial charge on any atom is -0.494 e. The van der Waals surface area contributed by atoms with E-state index in [9.17, 15) is 4.79 Å². The first-order chi connectivity index (χ1) is 10.7. The van der Waals surface area contributed by atoms with E-state index in [0.717, 1.165) is 27.5 Å². The van der Waals surface area contributed by atoms with Crippen LogP contribution >= 0.6 is 23.4 Å². The Morgan fingerprint density at radius 1 is 1.14 bits per heavy atom. The van der Waals surface area contributed by atoms with Gasteiger partial charge in [-0.05, 0) is 42.3 Å². The van der Waals surface area contributed by atoms with Crippen molar-refractivity contribution in [2.24, 2.45) is 0 Å². The standard InChI is InChI=1S/C17H17ClO3S/c18-10-3-11-21-14-6-8-15(9-7-14)22-16-5-2-1-4-13(16)12-17(19)20/h1-2,4-9H,3,10-12H2,(H,19,20). The van der Waals surface area contributed by atoms with Crippen molar-refractivity contribution in [2.75, 3.05) is 12.5 Å². The quantitative estimate of drug-likeness (QED) is 0.570. The number of aliphatic carboxylic acids is 1. The first-order valence-electron chi connectivity index (χ1n) is 6.95. The molecule has 0 aliphatic heterocycles. The molecule has 0 amide bonds. The number of rotatable bonds is 8. The number of benzene rings is 2. The van der Waals surface area contributed by atoms with Gasteiger partial charge >= 0.3 is 5.97 Å². The molecular formula is C17H17ClO3S. The molecule has 0 fully saturated rings. The third-order valence-electron chi connectivity index (χ3n) is 2.91. The fourth-order valence-electron chi connectivity index (χ4n) is 1.89. The highest BCUT2D eigenvalue weighted by molar-refractivity contribution is 7.99. The Balaban J connectivity index is 2.03. The summed E-state index contributed by atoms with van der Waals surface area (Å²) < 4.78 is 5.56. The van der Waals surface area contributed by atoms with Crippen LogP contribution in [0.25, 0.3) is 0 Å². The van der Waals surface area contributed by atoms with Crippen LogP contribution in [0, 0.1) is 0 Å². The van der Waals surface area contributed by atoms with Gasteiger partial charge in [-0.3, -0.25) is 4.79 Å². The summed E-state index contributed by atoms with van der Waals surface area (Å²) in [6.07, 6.45) is 0.851. The minimum absolute atomic E-state index is 0.0305. The monoisotopic (exact) mass is 336 g/mol. The molecule has 2 aromatic rings. The Hall–Kier alpha value is -1.65. The summed E-state index contributed by atoms with van der Waals surface area (Å²) in [6, 6.07) is 15.3. The van der Waals surface area contributed by atoms with Crippen LogP contribution in [-0.2, 0) is 11.2 Å². The minimum atomic E-state index is -0.823. The zero-order valence-electron chi connectivity index (χ0n) is 12.0. The molecule has 5 heteroatoms. The van der Waals surface area contributed by atoms with Crippen LogP contribution in [0.3, 0.4) is 0 Å². The van der Waals surface area contributed by atoms with E-state index in [1.54, 1.807) is 11.8 Å². The topological polar surface area (TPSA) is 46.5 Å². The highest BCUT2D eigenvalue weighted by Crippen LogP contribution is 2.31. The molecule has 1 N–H and O–H groups in total. The van der Waals surface area contributed by atoms with Crippen LogP contribution in [0.5, 0.6) is 5.75 Å². The molecule has 116 valence electrons. The smallest absolute Gasteiger partial charge is 0.307 e. The molecule has 0 aliphatic carbocycles. The second-order valence-electron chi connectivity index (χ2n) is 4.64. The Bertz CT molecular complexity index is 614. The van der Waals surface area contributed by atoms with Gasteiger partial charge in [-0.2, -0.15) is 0 Å². The molecule has 0 aliphatic rings. The summed E-state index contributed by atoms with van der Waals surface area (Å²) in [5, 5.41) is 8.96. The first kappa shape index (κ1) is 16.7. The predicted octanol–water partition coefficient (Wildman–Crippen LogP) is 4.47. The summed E-state index contributed by atoms with van der Waals surface area (Å²) >= 11 is 7.16. The van der Waals surface area contributed by atoms with Crippen LogP contribution in [-0.4, -0.2) is 23.6 Å². The average molecular weight is 337 g/mol. The number of carboxylic acids is 1. The van der Waals surface area contributed by atoms with Gasteiger partial charge in [0.15, 0.2) is 0 Å². The number of ether oxygens (including phenoxy) is 1. The van der Waals surface area contributed by atoms with Gasteiger partial charge in [0.2, 0.25) is 0 Å².